The number of nitrogens with zero attached hydrogens (tertiary/aromatic N) is 2. The average Bonchev–Trinajstić information content (AvgIpc) is 2.61. The Balaban J connectivity index is 1.93. The van der Waals surface area contributed by atoms with E-state index in [1.165, 1.54) is 5.57 Å². The fraction of sp³-hybridized carbons (Fsp3) is 0.474. The molecule has 0 bridgehead atoms. The van der Waals surface area contributed by atoms with E-state index in [9.17, 15) is 9.59 Å². The lowest BCUT2D eigenvalue weighted by atomic mass is 10.1. The lowest BCUT2D eigenvalue weighted by molar-refractivity contribution is -0.131. The molecule has 2 rings (SSSR count). The largest absolute Gasteiger partial charge is 0.497 e. The standard InChI is InChI=1S/C19H26N2O3/c1-14(2)15(3)12-18(22)20-8-10-21(11-9-20)19(23)16-6-5-7-17(13-16)24-4/h5-7,13H,8-12H2,1-4H3. The van der Waals surface area contributed by atoms with Crippen molar-refractivity contribution in [2.24, 2.45) is 0 Å². The van der Waals surface area contributed by atoms with Gasteiger partial charge in [-0.15, -0.1) is 0 Å². The molecule has 1 aliphatic rings. The highest BCUT2D eigenvalue weighted by atomic mass is 16.5. The minimum atomic E-state index is -0.0125. The molecule has 0 N–H and O–H groups in total. The van der Waals surface area contributed by atoms with E-state index in [4.69, 9.17) is 4.74 Å². The normalized spacial score (nSPS) is 14.3. The lowest BCUT2D eigenvalue weighted by Gasteiger charge is -2.35. The zero-order chi connectivity index (χ0) is 17.7. The van der Waals surface area contributed by atoms with Gasteiger partial charge in [0.2, 0.25) is 5.91 Å². The molecule has 0 atom stereocenters. The molecule has 0 spiro atoms. The highest BCUT2D eigenvalue weighted by molar-refractivity contribution is 5.94. The number of amides is 2. The molecule has 2 amide bonds. The number of carbonyl (C=O) groups is 2. The maximum atomic E-state index is 12.6. The van der Waals surface area contributed by atoms with Crippen molar-refractivity contribution in [3.05, 3.63) is 41.0 Å². The molecule has 24 heavy (non-hydrogen) atoms. The minimum Gasteiger partial charge on any atom is -0.497 e. The third-order valence-electron chi connectivity index (χ3n) is 4.51. The van der Waals surface area contributed by atoms with Gasteiger partial charge in [0.05, 0.1) is 7.11 Å². The summed E-state index contributed by atoms with van der Waals surface area (Å²) in [5.74, 6) is 0.801. The Kier molecular flexibility index (Phi) is 6.01. The molecule has 0 aliphatic carbocycles. The summed E-state index contributed by atoms with van der Waals surface area (Å²) in [7, 11) is 1.59. The van der Waals surface area contributed by atoms with E-state index in [-0.39, 0.29) is 11.8 Å². The fourth-order valence-electron chi connectivity index (χ4n) is 2.61. The van der Waals surface area contributed by atoms with E-state index in [2.05, 4.69) is 0 Å². The van der Waals surface area contributed by atoms with Crippen LogP contribution in [0.1, 0.15) is 37.6 Å². The Hall–Kier alpha value is -2.30. The smallest absolute Gasteiger partial charge is 0.254 e. The van der Waals surface area contributed by atoms with Crippen LogP contribution in [0, 0.1) is 0 Å². The maximum Gasteiger partial charge on any atom is 0.254 e. The average molecular weight is 330 g/mol. The first-order valence-electron chi connectivity index (χ1n) is 8.26. The summed E-state index contributed by atoms with van der Waals surface area (Å²) in [5, 5.41) is 0. The molecule has 1 aliphatic heterocycles. The summed E-state index contributed by atoms with van der Waals surface area (Å²) < 4.78 is 5.17. The Labute approximate surface area is 143 Å². The monoisotopic (exact) mass is 330 g/mol. The molecule has 1 heterocycles. The van der Waals surface area contributed by atoms with Crippen LogP contribution in [0.5, 0.6) is 5.75 Å². The van der Waals surface area contributed by atoms with Gasteiger partial charge in [0, 0.05) is 38.2 Å². The molecule has 5 heteroatoms. The molecule has 1 aromatic carbocycles. The van der Waals surface area contributed by atoms with Gasteiger partial charge in [-0.1, -0.05) is 17.2 Å². The first-order valence-corrected chi connectivity index (χ1v) is 8.26. The molecule has 1 fully saturated rings. The van der Waals surface area contributed by atoms with E-state index in [1.807, 2.05) is 37.8 Å². The summed E-state index contributed by atoms with van der Waals surface area (Å²) in [6.45, 7) is 8.34. The SMILES string of the molecule is COc1cccc(C(=O)N2CCN(C(=O)CC(C)=C(C)C)CC2)c1. The zero-order valence-electron chi connectivity index (χ0n) is 15.0. The van der Waals surface area contributed by atoms with Gasteiger partial charge in [0.25, 0.3) is 5.91 Å². The topological polar surface area (TPSA) is 49.9 Å². The van der Waals surface area contributed by atoms with Crippen molar-refractivity contribution < 1.29 is 14.3 Å². The molecule has 0 saturated carbocycles. The second-order valence-electron chi connectivity index (χ2n) is 6.36. The van der Waals surface area contributed by atoms with E-state index >= 15 is 0 Å². The maximum absolute atomic E-state index is 12.6. The van der Waals surface area contributed by atoms with Crippen molar-refractivity contribution >= 4 is 11.8 Å². The lowest BCUT2D eigenvalue weighted by Crippen LogP contribution is -2.50. The molecule has 0 aromatic heterocycles. The summed E-state index contributed by atoms with van der Waals surface area (Å²) in [5.41, 5.74) is 2.93. The summed E-state index contributed by atoms with van der Waals surface area (Å²) in [4.78, 5) is 28.5. The molecule has 1 aromatic rings. The fourth-order valence-corrected chi connectivity index (χ4v) is 2.61. The molecule has 0 unspecified atom stereocenters. The number of piperazine rings is 1. The van der Waals surface area contributed by atoms with E-state index < -0.39 is 0 Å². The number of hydrogen-bond acceptors (Lipinski definition) is 3. The van der Waals surface area contributed by atoms with Crippen molar-refractivity contribution in [3.63, 3.8) is 0 Å². The Morgan fingerprint density at radius 2 is 1.67 bits per heavy atom. The molecule has 5 nitrogen and oxygen atoms in total. The summed E-state index contributed by atoms with van der Waals surface area (Å²) in [6.07, 6.45) is 0.464. The number of allylic oxidation sites excluding steroid dienone is 1. The van der Waals surface area contributed by atoms with E-state index in [1.54, 1.807) is 24.1 Å². The second kappa shape index (κ2) is 7.99. The second-order valence-corrected chi connectivity index (χ2v) is 6.36. The Bertz CT molecular complexity index is 640. The van der Waals surface area contributed by atoms with Crippen molar-refractivity contribution in [2.75, 3.05) is 33.3 Å². The number of ether oxygens (including phenoxy) is 1. The Morgan fingerprint density at radius 1 is 1.04 bits per heavy atom. The van der Waals surface area contributed by atoms with Crippen LogP contribution in [-0.2, 0) is 4.79 Å². The van der Waals surface area contributed by atoms with E-state index in [0.29, 0.717) is 43.9 Å². The first-order chi connectivity index (χ1) is 11.4. The molecule has 0 radical (unpaired) electrons. The highest BCUT2D eigenvalue weighted by Crippen LogP contribution is 2.16. The van der Waals surface area contributed by atoms with Gasteiger partial charge in [-0.25, -0.2) is 0 Å². The third-order valence-corrected chi connectivity index (χ3v) is 4.51. The van der Waals surface area contributed by atoms with Crippen LogP contribution in [0.25, 0.3) is 0 Å². The molecule has 1 saturated heterocycles. The number of benzene rings is 1. The number of hydrogen-bond donors (Lipinski definition) is 0. The van der Waals surface area contributed by atoms with Gasteiger partial charge >= 0.3 is 0 Å². The van der Waals surface area contributed by atoms with Crippen molar-refractivity contribution in [1.82, 2.24) is 9.80 Å². The predicted molar refractivity (Wildman–Crippen MR) is 94.1 cm³/mol. The molecular formula is C19H26N2O3. The molecule has 130 valence electrons. The van der Waals surface area contributed by atoms with E-state index in [0.717, 1.165) is 5.57 Å². The van der Waals surface area contributed by atoms with Crippen molar-refractivity contribution in [2.45, 2.75) is 27.2 Å². The predicted octanol–water partition coefficient (Wildman–Crippen LogP) is 2.73. The van der Waals surface area contributed by atoms with Gasteiger partial charge < -0.3 is 14.5 Å². The highest BCUT2D eigenvalue weighted by Gasteiger charge is 2.25. The van der Waals surface area contributed by atoms with Gasteiger partial charge in [-0.3, -0.25) is 9.59 Å². The zero-order valence-corrected chi connectivity index (χ0v) is 15.0. The first kappa shape index (κ1) is 18.0. The number of carbonyl (C=O) groups excluding carboxylic acids is 2. The van der Waals surface area contributed by atoms with Gasteiger partial charge in [0.15, 0.2) is 0 Å². The van der Waals surface area contributed by atoms with Gasteiger partial charge in [-0.05, 0) is 39.0 Å². The van der Waals surface area contributed by atoms with Crippen LogP contribution in [0.4, 0.5) is 0 Å². The summed E-state index contributed by atoms with van der Waals surface area (Å²) in [6, 6.07) is 7.17. The van der Waals surface area contributed by atoms with Crippen molar-refractivity contribution in [3.8, 4) is 5.75 Å². The van der Waals surface area contributed by atoms with Crippen LogP contribution in [0.2, 0.25) is 0 Å². The van der Waals surface area contributed by atoms with Crippen LogP contribution in [-0.4, -0.2) is 54.9 Å². The van der Waals surface area contributed by atoms with Crippen molar-refractivity contribution in [1.29, 1.82) is 0 Å². The van der Waals surface area contributed by atoms with Crippen LogP contribution in [0.3, 0.4) is 0 Å². The van der Waals surface area contributed by atoms with Crippen LogP contribution >= 0.6 is 0 Å². The van der Waals surface area contributed by atoms with Crippen LogP contribution < -0.4 is 4.74 Å². The van der Waals surface area contributed by atoms with Crippen LogP contribution in [0.15, 0.2) is 35.4 Å². The van der Waals surface area contributed by atoms with Gasteiger partial charge in [-0.2, -0.15) is 0 Å². The quantitative estimate of drug-likeness (QED) is 0.798. The number of rotatable bonds is 4. The van der Waals surface area contributed by atoms with Gasteiger partial charge in [0.1, 0.15) is 5.75 Å². The third kappa shape index (κ3) is 4.37. The Morgan fingerprint density at radius 3 is 2.25 bits per heavy atom. The molecular weight excluding hydrogens is 304 g/mol. The minimum absolute atomic E-state index is 0.0125. The summed E-state index contributed by atoms with van der Waals surface area (Å²) >= 11 is 0. The number of methoxy groups -OCH3 is 1.